The molecule has 0 unspecified atom stereocenters. The van der Waals surface area contributed by atoms with Crippen molar-refractivity contribution >= 4 is 54.1 Å². The van der Waals surface area contributed by atoms with Crippen molar-refractivity contribution in [2.45, 2.75) is 0 Å². The van der Waals surface area contributed by atoms with Crippen LogP contribution in [0.3, 0.4) is 0 Å². The predicted molar refractivity (Wildman–Crippen MR) is 254 cm³/mol. The highest BCUT2D eigenvalue weighted by Gasteiger charge is 2.20. The second-order valence-corrected chi connectivity index (χ2v) is 15.0. The Hall–Kier alpha value is -8.21. The summed E-state index contributed by atoms with van der Waals surface area (Å²) < 4.78 is 73.9. The molecule has 0 atom stereocenters. The second kappa shape index (κ2) is 14.3. The van der Waals surface area contributed by atoms with Crippen molar-refractivity contribution in [2.24, 2.45) is 0 Å². The van der Waals surface area contributed by atoms with E-state index in [0.29, 0.717) is 28.7 Å². The minimum absolute atomic E-state index is 0.0205. The van der Waals surface area contributed by atoms with Crippen molar-refractivity contribution in [3.8, 4) is 62.1 Å². The molecule has 4 nitrogen and oxygen atoms in total. The molecule has 284 valence electrons. The second-order valence-electron chi connectivity index (χ2n) is 15.0. The van der Waals surface area contributed by atoms with Crippen LogP contribution in [-0.2, 0) is 0 Å². The first kappa shape index (κ1) is 27.5. The monoisotopic (exact) mass is 784 g/mol. The highest BCUT2D eigenvalue weighted by Crippen LogP contribution is 2.43. The highest BCUT2D eigenvalue weighted by molar-refractivity contribution is 6.26. The molecule has 10 aromatic carbocycles. The summed E-state index contributed by atoms with van der Waals surface area (Å²) in [6.45, 7) is 0. The number of rotatable bonds is 6. The third kappa shape index (κ3) is 5.88. The van der Waals surface area contributed by atoms with Gasteiger partial charge in [-0.05, 0) is 85.4 Å². The molecular formula is C57H36N4. The summed E-state index contributed by atoms with van der Waals surface area (Å²) in [5.74, 6) is 1.61. The van der Waals surface area contributed by atoms with Gasteiger partial charge in [0.05, 0.1) is 27.7 Å². The topological polar surface area (TPSA) is 43.6 Å². The van der Waals surface area contributed by atoms with Gasteiger partial charge in [-0.3, -0.25) is 0 Å². The summed E-state index contributed by atoms with van der Waals surface area (Å²) in [5, 5.41) is 5.91. The Labute approximate surface area is 364 Å². The van der Waals surface area contributed by atoms with Crippen molar-refractivity contribution < 1.29 is 11.0 Å². The third-order valence-electron chi connectivity index (χ3n) is 11.5. The van der Waals surface area contributed by atoms with Crippen molar-refractivity contribution in [1.29, 1.82) is 0 Å². The largest absolute Gasteiger partial charge is 0.309 e. The number of benzene rings is 10. The lowest BCUT2D eigenvalue weighted by molar-refractivity contribution is 1.07. The summed E-state index contributed by atoms with van der Waals surface area (Å²) in [5.41, 5.74) is 6.31. The predicted octanol–water partition coefficient (Wildman–Crippen LogP) is 14.8. The SMILES string of the molecule is [2H]c1c([2H])c([2H])c2c(c1[2H])c1c([2H])c([2H])c([2H])c([2H])c1n2-c1cc2c3ccccc3c3ccccc3c2cc1-c1cccc(-c2cccc(-c3nc(-c4ccccc4)nc(-c4ccccc4)n3)c2)c1. The van der Waals surface area contributed by atoms with E-state index < -0.39 is 24.2 Å². The Morgan fingerprint density at radius 1 is 0.311 bits per heavy atom. The Bertz CT molecular complexity index is 3980. The molecule has 0 aliphatic rings. The fraction of sp³-hybridized carbons (Fsp3) is 0. The minimum Gasteiger partial charge on any atom is -0.309 e. The fourth-order valence-electron chi connectivity index (χ4n) is 8.66. The van der Waals surface area contributed by atoms with Gasteiger partial charge in [0.1, 0.15) is 0 Å². The first-order valence-corrected chi connectivity index (χ1v) is 20.0. The van der Waals surface area contributed by atoms with E-state index >= 15 is 0 Å². The number of hydrogen-bond donors (Lipinski definition) is 0. The van der Waals surface area contributed by atoms with Crippen LogP contribution >= 0.6 is 0 Å². The maximum Gasteiger partial charge on any atom is 0.164 e. The van der Waals surface area contributed by atoms with Crippen LogP contribution in [0.5, 0.6) is 0 Å². The number of hydrogen-bond acceptors (Lipinski definition) is 3. The zero-order valence-corrected chi connectivity index (χ0v) is 32.5. The van der Waals surface area contributed by atoms with Gasteiger partial charge >= 0.3 is 0 Å². The molecule has 0 aliphatic carbocycles. The summed E-state index contributed by atoms with van der Waals surface area (Å²) in [6, 6.07) is 52.8. The smallest absolute Gasteiger partial charge is 0.164 e. The van der Waals surface area contributed by atoms with Gasteiger partial charge in [0, 0.05) is 33.0 Å². The van der Waals surface area contributed by atoms with Crippen LogP contribution < -0.4 is 0 Å². The van der Waals surface area contributed by atoms with E-state index in [1.165, 1.54) is 0 Å². The summed E-state index contributed by atoms with van der Waals surface area (Å²) in [6.07, 6.45) is 0. The molecule has 0 saturated heterocycles. The molecule has 4 heteroatoms. The van der Waals surface area contributed by atoms with Crippen molar-refractivity contribution in [3.63, 3.8) is 0 Å². The van der Waals surface area contributed by atoms with E-state index in [4.69, 9.17) is 23.2 Å². The zero-order chi connectivity index (χ0) is 47.2. The third-order valence-corrected chi connectivity index (χ3v) is 11.5. The van der Waals surface area contributed by atoms with E-state index in [-0.39, 0.29) is 46.0 Å². The Morgan fingerprint density at radius 2 is 0.705 bits per heavy atom. The molecule has 12 aromatic rings. The van der Waals surface area contributed by atoms with Crippen LogP contribution in [0, 0.1) is 0 Å². The summed E-state index contributed by atoms with van der Waals surface area (Å²) in [7, 11) is 0. The van der Waals surface area contributed by atoms with Gasteiger partial charge in [-0.1, -0.05) is 182 Å². The molecule has 61 heavy (non-hydrogen) atoms. The summed E-state index contributed by atoms with van der Waals surface area (Å²) in [4.78, 5) is 14.8. The number of para-hydroxylation sites is 2. The van der Waals surface area contributed by atoms with Crippen molar-refractivity contribution in [3.05, 3.63) is 218 Å². The Morgan fingerprint density at radius 3 is 1.25 bits per heavy atom. The lowest BCUT2D eigenvalue weighted by atomic mass is 9.90. The van der Waals surface area contributed by atoms with Gasteiger partial charge in [-0.15, -0.1) is 0 Å². The lowest BCUT2D eigenvalue weighted by Gasteiger charge is -2.19. The number of fused-ring (bicyclic) bond motifs is 9. The standard InChI is InChI=1S/C57H36N4/c1-3-17-37(18-4-1)55-58-56(38-19-5-2-6-20-38)60-57(59-55)42-24-16-22-40(34-42)39-21-15-23-41(33-39)49-35-50-45-27-9-7-25-43(45)44-26-8-10-28-46(44)51(50)36-54(49)61-52-31-13-11-29-47(52)48-30-12-14-32-53(48)61/h1-36H/i11D,12D,13D,14D,29D,30D,31D,32D. The van der Waals surface area contributed by atoms with Gasteiger partial charge in [0.15, 0.2) is 17.5 Å². The fourth-order valence-corrected chi connectivity index (χ4v) is 8.66. The van der Waals surface area contributed by atoms with Gasteiger partial charge in [-0.25, -0.2) is 15.0 Å². The first-order valence-electron chi connectivity index (χ1n) is 24.0. The summed E-state index contributed by atoms with van der Waals surface area (Å²) >= 11 is 0. The molecule has 0 amide bonds. The molecule has 2 heterocycles. The Kier molecular flexibility index (Phi) is 6.42. The van der Waals surface area contributed by atoms with Crippen LogP contribution in [-0.4, -0.2) is 19.5 Å². The van der Waals surface area contributed by atoms with E-state index in [0.717, 1.165) is 65.7 Å². The van der Waals surface area contributed by atoms with Gasteiger partial charge in [0.2, 0.25) is 0 Å². The number of aromatic nitrogens is 4. The maximum atomic E-state index is 9.39. The van der Waals surface area contributed by atoms with Crippen molar-refractivity contribution in [2.75, 3.05) is 0 Å². The van der Waals surface area contributed by atoms with Gasteiger partial charge < -0.3 is 4.57 Å². The molecule has 0 fully saturated rings. The molecule has 0 bridgehead atoms. The molecule has 0 N–H and O–H groups in total. The van der Waals surface area contributed by atoms with Crippen molar-refractivity contribution in [1.82, 2.24) is 19.5 Å². The maximum absolute atomic E-state index is 9.39. The molecule has 2 aromatic heterocycles. The molecule has 0 radical (unpaired) electrons. The quantitative estimate of drug-likeness (QED) is 0.158. The normalized spacial score (nSPS) is 13.4. The van der Waals surface area contributed by atoms with Crippen LogP contribution in [0.1, 0.15) is 11.0 Å². The molecule has 0 aliphatic heterocycles. The van der Waals surface area contributed by atoms with Gasteiger partial charge in [-0.2, -0.15) is 0 Å². The zero-order valence-electron chi connectivity index (χ0n) is 40.5. The van der Waals surface area contributed by atoms with E-state index in [1.807, 2.05) is 127 Å². The van der Waals surface area contributed by atoms with Gasteiger partial charge in [0.25, 0.3) is 0 Å². The molecule has 0 saturated carbocycles. The van der Waals surface area contributed by atoms with Crippen LogP contribution in [0.2, 0.25) is 0 Å². The van der Waals surface area contributed by atoms with E-state index in [2.05, 4.69) is 42.5 Å². The highest BCUT2D eigenvalue weighted by atomic mass is 15.0. The average molecular weight is 785 g/mol. The number of nitrogens with zero attached hydrogens (tertiary/aromatic N) is 4. The first-order chi connectivity index (χ1) is 33.6. The molecule has 0 spiro atoms. The van der Waals surface area contributed by atoms with Crippen LogP contribution in [0.4, 0.5) is 0 Å². The minimum atomic E-state index is -0.491. The molecular weight excluding hydrogens is 741 g/mol. The van der Waals surface area contributed by atoms with E-state index in [9.17, 15) is 2.74 Å². The molecule has 12 rings (SSSR count). The average Bonchev–Trinajstić information content (AvgIpc) is 3.77. The van der Waals surface area contributed by atoms with E-state index in [1.54, 1.807) is 4.57 Å². The van der Waals surface area contributed by atoms with Crippen LogP contribution in [0.25, 0.3) is 116 Å². The van der Waals surface area contributed by atoms with Crippen LogP contribution in [0.15, 0.2) is 218 Å². The lowest BCUT2D eigenvalue weighted by Crippen LogP contribution is -2.00. The Balaban J connectivity index is 1.14.